The summed E-state index contributed by atoms with van der Waals surface area (Å²) in [5.41, 5.74) is 5.64. The van der Waals surface area contributed by atoms with Crippen LogP contribution in [0.4, 0.5) is 5.00 Å². The number of rotatable bonds is 8. The summed E-state index contributed by atoms with van der Waals surface area (Å²) in [6, 6.07) is 1.68. The fourth-order valence-corrected chi connectivity index (χ4v) is 3.00. The standard InChI is InChI=1S/C15H24N2O3S/c1-9(2)7-10(3)20-6-5-13(18)17-15-12(14(16)19)8-11(4)21-15/h8-10H,5-7H2,1-4H3,(H2,16,19)(H,17,18). The van der Waals surface area contributed by atoms with Gasteiger partial charge in [0, 0.05) is 4.88 Å². The molecule has 6 heteroatoms. The highest BCUT2D eigenvalue weighted by Crippen LogP contribution is 2.27. The Hall–Kier alpha value is -1.40. The highest BCUT2D eigenvalue weighted by Gasteiger charge is 2.14. The van der Waals surface area contributed by atoms with Gasteiger partial charge in [0.15, 0.2) is 0 Å². The number of nitrogens with two attached hydrogens (primary N) is 1. The minimum absolute atomic E-state index is 0.142. The molecule has 1 rings (SSSR count). The van der Waals surface area contributed by atoms with Gasteiger partial charge >= 0.3 is 0 Å². The third-order valence-corrected chi connectivity index (χ3v) is 3.87. The van der Waals surface area contributed by atoms with Crippen molar-refractivity contribution < 1.29 is 14.3 Å². The predicted octanol–water partition coefficient (Wildman–Crippen LogP) is 2.94. The number of ether oxygens (including phenoxy) is 1. The fraction of sp³-hybridized carbons (Fsp3) is 0.600. The van der Waals surface area contributed by atoms with Gasteiger partial charge in [0.05, 0.1) is 24.7 Å². The molecule has 0 aliphatic rings. The van der Waals surface area contributed by atoms with Crippen LogP contribution in [0.3, 0.4) is 0 Å². The molecule has 118 valence electrons. The van der Waals surface area contributed by atoms with E-state index in [2.05, 4.69) is 19.2 Å². The zero-order chi connectivity index (χ0) is 16.0. The van der Waals surface area contributed by atoms with Gasteiger partial charge in [-0.3, -0.25) is 9.59 Å². The summed E-state index contributed by atoms with van der Waals surface area (Å²) < 4.78 is 5.59. The number of hydrogen-bond donors (Lipinski definition) is 2. The van der Waals surface area contributed by atoms with Gasteiger partial charge in [-0.2, -0.15) is 0 Å². The second-order valence-corrected chi connectivity index (χ2v) is 6.83. The summed E-state index contributed by atoms with van der Waals surface area (Å²) in [5, 5.41) is 3.24. The number of carbonyl (C=O) groups is 2. The summed E-state index contributed by atoms with van der Waals surface area (Å²) >= 11 is 1.35. The van der Waals surface area contributed by atoms with Crippen LogP contribution in [0, 0.1) is 12.8 Å². The van der Waals surface area contributed by atoms with E-state index in [1.807, 2.05) is 13.8 Å². The Morgan fingerprint density at radius 1 is 1.38 bits per heavy atom. The Kier molecular flexibility index (Phi) is 6.84. The van der Waals surface area contributed by atoms with Crippen molar-refractivity contribution in [2.75, 3.05) is 11.9 Å². The molecule has 1 heterocycles. The minimum atomic E-state index is -0.531. The zero-order valence-electron chi connectivity index (χ0n) is 13.1. The number of carbonyl (C=O) groups excluding carboxylic acids is 2. The van der Waals surface area contributed by atoms with Crippen molar-refractivity contribution >= 4 is 28.2 Å². The third kappa shape index (κ3) is 6.27. The van der Waals surface area contributed by atoms with E-state index in [4.69, 9.17) is 10.5 Å². The molecule has 0 aliphatic carbocycles. The zero-order valence-corrected chi connectivity index (χ0v) is 13.9. The monoisotopic (exact) mass is 312 g/mol. The van der Waals surface area contributed by atoms with E-state index in [9.17, 15) is 9.59 Å². The maximum atomic E-state index is 11.9. The normalized spacial score (nSPS) is 12.4. The van der Waals surface area contributed by atoms with Gasteiger partial charge in [0.1, 0.15) is 5.00 Å². The molecule has 0 bridgehead atoms. The van der Waals surface area contributed by atoms with Crippen molar-refractivity contribution in [1.29, 1.82) is 0 Å². The molecule has 0 aromatic carbocycles. The summed E-state index contributed by atoms with van der Waals surface area (Å²) in [7, 11) is 0. The quantitative estimate of drug-likeness (QED) is 0.774. The Bertz CT molecular complexity index is 497. The van der Waals surface area contributed by atoms with Gasteiger partial charge in [-0.15, -0.1) is 11.3 Å². The first kappa shape index (κ1) is 17.7. The lowest BCUT2D eigenvalue weighted by molar-refractivity contribution is -0.117. The highest BCUT2D eigenvalue weighted by atomic mass is 32.1. The van der Waals surface area contributed by atoms with Gasteiger partial charge in [0.25, 0.3) is 5.91 Å². The first-order chi connectivity index (χ1) is 9.79. The van der Waals surface area contributed by atoms with Crippen molar-refractivity contribution in [2.45, 2.75) is 46.6 Å². The second-order valence-electron chi connectivity index (χ2n) is 5.57. The molecule has 5 nitrogen and oxygen atoms in total. The van der Waals surface area contributed by atoms with Crippen LogP contribution in [0.2, 0.25) is 0 Å². The van der Waals surface area contributed by atoms with Crippen LogP contribution < -0.4 is 11.1 Å². The lowest BCUT2D eigenvalue weighted by Gasteiger charge is -2.14. The second kappa shape index (κ2) is 8.14. The molecule has 0 spiro atoms. The van der Waals surface area contributed by atoms with Gasteiger partial charge in [-0.25, -0.2) is 0 Å². The first-order valence-electron chi connectivity index (χ1n) is 7.11. The number of thiophene rings is 1. The van der Waals surface area contributed by atoms with Crippen LogP contribution >= 0.6 is 11.3 Å². The topological polar surface area (TPSA) is 81.4 Å². The van der Waals surface area contributed by atoms with E-state index >= 15 is 0 Å². The van der Waals surface area contributed by atoms with E-state index in [0.29, 0.717) is 23.1 Å². The lowest BCUT2D eigenvalue weighted by atomic mass is 10.1. The number of amides is 2. The highest BCUT2D eigenvalue weighted by molar-refractivity contribution is 7.16. The molecule has 1 atom stereocenters. The van der Waals surface area contributed by atoms with E-state index in [1.165, 1.54) is 11.3 Å². The average molecular weight is 312 g/mol. The van der Waals surface area contributed by atoms with Crippen LogP contribution in [0.15, 0.2) is 6.07 Å². The average Bonchev–Trinajstić information content (AvgIpc) is 2.69. The SMILES string of the molecule is Cc1cc(C(N)=O)c(NC(=O)CCOC(C)CC(C)C)s1. The molecule has 21 heavy (non-hydrogen) atoms. The molecular formula is C15H24N2O3S. The third-order valence-electron chi connectivity index (χ3n) is 2.91. The maximum Gasteiger partial charge on any atom is 0.251 e. The molecule has 3 N–H and O–H groups in total. The van der Waals surface area contributed by atoms with Crippen molar-refractivity contribution in [2.24, 2.45) is 11.7 Å². The summed E-state index contributed by atoms with van der Waals surface area (Å²) in [6.07, 6.45) is 1.37. The lowest BCUT2D eigenvalue weighted by Crippen LogP contribution is -2.19. The summed E-state index contributed by atoms with van der Waals surface area (Å²) in [5.74, 6) is -0.131. The van der Waals surface area contributed by atoms with Crippen molar-refractivity contribution in [3.05, 3.63) is 16.5 Å². The fourth-order valence-electron chi connectivity index (χ4n) is 2.06. The van der Waals surface area contributed by atoms with Gasteiger partial charge in [-0.05, 0) is 32.3 Å². The van der Waals surface area contributed by atoms with Crippen LogP contribution in [0.5, 0.6) is 0 Å². The summed E-state index contributed by atoms with van der Waals surface area (Å²) in [6.45, 7) is 8.51. The minimum Gasteiger partial charge on any atom is -0.378 e. The van der Waals surface area contributed by atoms with Gasteiger partial charge in [-0.1, -0.05) is 13.8 Å². The van der Waals surface area contributed by atoms with Crippen LogP contribution in [-0.2, 0) is 9.53 Å². The van der Waals surface area contributed by atoms with Crippen LogP contribution in [0.1, 0.15) is 48.8 Å². The van der Waals surface area contributed by atoms with E-state index < -0.39 is 5.91 Å². The number of nitrogens with one attached hydrogen (secondary N) is 1. The Morgan fingerprint density at radius 2 is 2.05 bits per heavy atom. The predicted molar refractivity (Wildman–Crippen MR) is 85.7 cm³/mol. The molecule has 1 aromatic rings. The molecule has 0 aliphatic heterocycles. The molecular weight excluding hydrogens is 288 g/mol. The first-order valence-corrected chi connectivity index (χ1v) is 7.93. The number of primary amides is 1. The number of hydrogen-bond acceptors (Lipinski definition) is 4. The van der Waals surface area contributed by atoms with E-state index in [1.54, 1.807) is 6.07 Å². The van der Waals surface area contributed by atoms with Gasteiger partial charge in [0.2, 0.25) is 5.91 Å². The Morgan fingerprint density at radius 3 is 2.62 bits per heavy atom. The van der Waals surface area contributed by atoms with Crippen LogP contribution in [-0.4, -0.2) is 24.5 Å². The van der Waals surface area contributed by atoms with Crippen molar-refractivity contribution in [3.8, 4) is 0 Å². The van der Waals surface area contributed by atoms with Crippen molar-refractivity contribution in [1.82, 2.24) is 0 Å². The van der Waals surface area contributed by atoms with Crippen molar-refractivity contribution in [3.63, 3.8) is 0 Å². The van der Waals surface area contributed by atoms with E-state index in [-0.39, 0.29) is 18.4 Å². The largest absolute Gasteiger partial charge is 0.378 e. The summed E-state index contributed by atoms with van der Waals surface area (Å²) in [4.78, 5) is 24.1. The van der Waals surface area contributed by atoms with Crippen LogP contribution in [0.25, 0.3) is 0 Å². The maximum absolute atomic E-state index is 11.9. The Labute approximate surface area is 129 Å². The smallest absolute Gasteiger partial charge is 0.251 e. The molecule has 0 saturated carbocycles. The van der Waals surface area contributed by atoms with E-state index in [0.717, 1.165) is 11.3 Å². The molecule has 0 saturated heterocycles. The van der Waals surface area contributed by atoms with Gasteiger partial charge < -0.3 is 15.8 Å². The molecule has 1 aromatic heterocycles. The number of aryl methyl sites for hydroxylation is 1. The molecule has 2 amide bonds. The number of anilines is 1. The Balaban J connectivity index is 2.42. The molecule has 0 radical (unpaired) electrons. The molecule has 0 fully saturated rings. The molecule has 1 unspecified atom stereocenters.